The second-order valence-corrected chi connectivity index (χ2v) is 4.53. The molecular weight excluding hydrogens is 304 g/mol. The Hall–Kier alpha value is -1.54. The van der Waals surface area contributed by atoms with E-state index in [4.69, 9.17) is 0 Å². The zero-order chi connectivity index (χ0) is 13.7. The van der Waals surface area contributed by atoms with Crippen LogP contribution >= 0.6 is 15.9 Å². The highest BCUT2D eigenvalue weighted by Gasteiger charge is 2.17. The van der Waals surface area contributed by atoms with Crippen molar-refractivity contribution < 1.29 is 9.72 Å². The third-order valence-electron chi connectivity index (χ3n) is 2.33. The number of pyridine rings is 1. The molecule has 98 valence electrons. The van der Waals surface area contributed by atoms with Crippen LogP contribution in [0, 0.1) is 10.1 Å². The van der Waals surface area contributed by atoms with Gasteiger partial charge in [-0.25, -0.2) is 0 Å². The first-order chi connectivity index (χ1) is 8.45. The lowest BCUT2D eigenvalue weighted by atomic mass is 10.2. The summed E-state index contributed by atoms with van der Waals surface area (Å²) < 4.78 is 0.419. The minimum Gasteiger partial charge on any atom is -0.358 e. The molecule has 1 rings (SSSR count). The molecule has 1 aromatic heterocycles. The molecule has 0 saturated heterocycles. The molecule has 0 saturated carbocycles. The summed E-state index contributed by atoms with van der Waals surface area (Å²) in [6.45, 7) is 2.34. The number of hydrogen-bond donors (Lipinski definition) is 2. The van der Waals surface area contributed by atoms with Gasteiger partial charge in [-0.1, -0.05) is 0 Å². The number of nitrogens with one attached hydrogen (secondary N) is 2. The molecule has 0 aliphatic rings. The van der Waals surface area contributed by atoms with Crippen molar-refractivity contribution >= 4 is 27.7 Å². The molecule has 2 N–H and O–H groups in total. The van der Waals surface area contributed by atoms with Crippen LogP contribution < -0.4 is 10.6 Å². The van der Waals surface area contributed by atoms with Crippen LogP contribution in [0.15, 0.2) is 16.7 Å². The van der Waals surface area contributed by atoms with Crippen LogP contribution in [0.25, 0.3) is 0 Å². The molecule has 0 spiro atoms. The first-order valence-corrected chi connectivity index (χ1v) is 6.00. The van der Waals surface area contributed by atoms with Gasteiger partial charge in [0.2, 0.25) is 0 Å². The SMILES string of the molecule is CNC(C)CNC(=O)c1cc([N+](=O)[O-])ncc1Br. The number of aromatic nitrogens is 1. The molecule has 7 nitrogen and oxygen atoms in total. The summed E-state index contributed by atoms with van der Waals surface area (Å²) in [5.41, 5.74) is 0.194. The van der Waals surface area contributed by atoms with Crippen LogP contribution in [0.1, 0.15) is 17.3 Å². The quantitative estimate of drug-likeness (QED) is 0.626. The number of rotatable bonds is 5. The lowest BCUT2D eigenvalue weighted by Gasteiger charge is -2.11. The van der Waals surface area contributed by atoms with E-state index in [1.54, 1.807) is 7.05 Å². The van der Waals surface area contributed by atoms with Gasteiger partial charge in [0.25, 0.3) is 5.91 Å². The van der Waals surface area contributed by atoms with E-state index < -0.39 is 4.92 Å². The van der Waals surface area contributed by atoms with Gasteiger partial charge in [-0.15, -0.1) is 0 Å². The van der Waals surface area contributed by atoms with E-state index in [2.05, 4.69) is 31.5 Å². The van der Waals surface area contributed by atoms with Crippen molar-refractivity contribution in [2.75, 3.05) is 13.6 Å². The normalized spacial score (nSPS) is 11.9. The molecule has 1 heterocycles. The minimum absolute atomic E-state index is 0.115. The molecule has 0 fully saturated rings. The Kier molecular flexibility index (Phi) is 5.17. The molecule has 1 unspecified atom stereocenters. The predicted octanol–water partition coefficient (Wildman–Crippen LogP) is 1.09. The molecule has 0 aromatic carbocycles. The molecule has 0 radical (unpaired) electrons. The monoisotopic (exact) mass is 316 g/mol. The summed E-state index contributed by atoms with van der Waals surface area (Å²) in [7, 11) is 1.78. The third-order valence-corrected chi connectivity index (χ3v) is 2.97. The van der Waals surface area contributed by atoms with Crippen LogP contribution in [0.3, 0.4) is 0 Å². The zero-order valence-corrected chi connectivity index (χ0v) is 11.5. The van der Waals surface area contributed by atoms with Gasteiger partial charge in [0, 0.05) is 18.7 Å². The Bertz CT molecular complexity index is 466. The molecule has 0 aliphatic heterocycles. The van der Waals surface area contributed by atoms with E-state index in [1.165, 1.54) is 6.20 Å². The van der Waals surface area contributed by atoms with Crippen molar-refractivity contribution in [1.29, 1.82) is 0 Å². The number of nitrogens with zero attached hydrogens (tertiary/aromatic N) is 2. The summed E-state index contributed by atoms with van der Waals surface area (Å²) in [5.74, 6) is -0.737. The maximum atomic E-state index is 11.8. The minimum atomic E-state index is -0.639. The standard InChI is InChI=1S/C10H13BrN4O3/c1-6(12-2)4-14-10(16)7-3-9(15(17)18)13-5-8(7)11/h3,5-6,12H,4H2,1-2H3,(H,14,16). The lowest BCUT2D eigenvalue weighted by Crippen LogP contribution is -2.37. The molecule has 1 amide bonds. The van der Waals surface area contributed by atoms with Gasteiger partial charge in [-0.2, -0.15) is 0 Å². The summed E-state index contributed by atoms with van der Waals surface area (Å²) in [5, 5.41) is 16.2. The van der Waals surface area contributed by atoms with Crippen LogP contribution in [0.4, 0.5) is 5.82 Å². The van der Waals surface area contributed by atoms with Gasteiger partial charge >= 0.3 is 5.82 Å². The summed E-state index contributed by atoms with van der Waals surface area (Å²) in [6.07, 6.45) is 1.24. The lowest BCUT2D eigenvalue weighted by molar-refractivity contribution is -0.389. The number of carbonyl (C=O) groups excluding carboxylic acids is 1. The Morgan fingerprint density at radius 1 is 1.67 bits per heavy atom. The van der Waals surface area contributed by atoms with Gasteiger partial charge in [-0.3, -0.25) is 4.79 Å². The molecular formula is C10H13BrN4O3. The summed E-state index contributed by atoms with van der Waals surface area (Å²) >= 11 is 3.14. The average Bonchev–Trinajstić information content (AvgIpc) is 2.35. The molecule has 1 aromatic rings. The van der Waals surface area contributed by atoms with Crippen LogP contribution in [-0.2, 0) is 0 Å². The zero-order valence-electron chi connectivity index (χ0n) is 9.94. The molecule has 18 heavy (non-hydrogen) atoms. The van der Waals surface area contributed by atoms with Crippen molar-refractivity contribution in [2.24, 2.45) is 0 Å². The number of halogens is 1. The molecule has 0 bridgehead atoms. The average molecular weight is 317 g/mol. The summed E-state index contributed by atoms with van der Waals surface area (Å²) in [4.78, 5) is 25.4. The maximum absolute atomic E-state index is 11.8. The first-order valence-electron chi connectivity index (χ1n) is 5.21. The summed E-state index contributed by atoms with van der Waals surface area (Å²) in [6, 6.07) is 1.26. The number of carbonyl (C=O) groups is 1. The van der Waals surface area contributed by atoms with Gasteiger partial charge in [-0.05, 0) is 39.8 Å². The van der Waals surface area contributed by atoms with E-state index in [1.807, 2.05) is 6.92 Å². The highest BCUT2D eigenvalue weighted by molar-refractivity contribution is 9.10. The fourth-order valence-electron chi connectivity index (χ4n) is 1.14. The van der Waals surface area contributed by atoms with Gasteiger partial charge in [0.05, 0.1) is 10.0 Å². The van der Waals surface area contributed by atoms with Crippen LogP contribution in [0.5, 0.6) is 0 Å². The second-order valence-electron chi connectivity index (χ2n) is 3.68. The van der Waals surface area contributed by atoms with Crippen LogP contribution in [-0.4, -0.2) is 35.4 Å². The number of nitro groups is 1. The highest BCUT2D eigenvalue weighted by atomic mass is 79.9. The molecule has 1 atom stereocenters. The topological polar surface area (TPSA) is 97.2 Å². The Balaban J connectivity index is 2.84. The fraction of sp³-hybridized carbons (Fsp3) is 0.400. The van der Waals surface area contributed by atoms with Crippen LogP contribution in [0.2, 0.25) is 0 Å². The van der Waals surface area contributed by atoms with Gasteiger partial charge in [0.15, 0.2) is 6.20 Å². The van der Waals surface area contributed by atoms with E-state index in [9.17, 15) is 14.9 Å². The predicted molar refractivity (Wildman–Crippen MR) is 69.4 cm³/mol. The third kappa shape index (κ3) is 3.74. The van der Waals surface area contributed by atoms with Crippen molar-refractivity contribution in [3.8, 4) is 0 Å². The van der Waals surface area contributed by atoms with Gasteiger partial charge < -0.3 is 20.7 Å². The Morgan fingerprint density at radius 3 is 2.89 bits per heavy atom. The van der Waals surface area contributed by atoms with E-state index >= 15 is 0 Å². The van der Waals surface area contributed by atoms with Gasteiger partial charge in [0.1, 0.15) is 0 Å². The smallest absolute Gasteiger partial charge is 0.358 e. The van der Waals surface area contributed by atoms with E-state index in [0.29, 0.717) is 11.0 Å². The number of hydrogen-bond acceptors (Lipinski definition) is 5. The highest BCUT2D eigenvalue weighted by Crippen LogP contribution is 2.19. The van der Waals surface area contributed by atoms with Crippen molar-refractivity contribution in [3.63, 3.8) is 0 Å². The number of likely N-dealkylation sites (N-methyl/N-ethyl adjacent to an activating group) is 1. The van der Waals surface area contributed by atoms with E-state index in [-0.39, 0.29) is 23.3 Å². The Labute approximate surface area is 112 Å². The van der Waals surface area contributed by atoms with Crippen molar-refractivity contribution in [3.05, 3.63) is 32.4 Å². The Morgan fingerprint density at radius 2 is 2.33 bits per heavy atom. The maximum Gasteiger partial charge on any atom is 0.364 e. The van der Waals surface area contributed by atoms with Crippen molar-refractivity contribution in [2.45, 2.75) is 13.0 Å². The number of amides is 1. The second kappa shape index (κ2) is 6.41. The molecule has 0 aliphatic carbocycles. The van der Waals surface area contributed by atoms with E-state index in [0.717, 1.165) is 6.07 Å². The largest absolute Gasteiger partial charge is 0.364 e. The fourth-order valence-corrected chi connectivity index (χ4v) is 1.54. The molecule has 8 heteroatoms. The van der Waals surface area contributed by atoms with Crippen molar-refractivity contribution in [1.82, 2.24) is 15.6 Å². The first kappa shape index (κ1) is 14.5.